The Morgan fingerprint density at radius 3 is 2.68 bits per heavy atom. The Bertz CT molecular complexity index is 552. The first-order valence-corrected chi connectivity index (χ1v) is 6.77. The van der Waals surface area contributed by atoms with Gasteiger partial charge in [-0.3, -0.25) is 4.98 Å². The second-order valence-corrected chi connectivity index (χ2v) is 4.52. The fourth-order valence-corrected chi connectivity index (χ4v) is 2.16. The van der Waals surface area contributed by atoms with Crippen LogP contribution in [0.2, 0.25) is 0 Å². The van der Waals surface area contributed by atoms with Crippen LogP contribution in [0.4, 0.5) is 5.82 Å². The first-order chi connectivity index (χ1) is 9.26. The second-order valence-electron chi connectivity index (χ2n) is 4.52. The number of nitrogens with one attached hydrogen (secondary N) is 1. The van der Waals surface area contributed by atoms with Crippen LogP contribution in [0.15, 0.2) is 24.7 Å². The van der Waals surface area contributed by atoms with Crippen LogP contribution in [0.3, 0.4) is 0 Å². The molecule has 0 saturated carbocycles. The molecule has 0 amide bonds. The number of aromatic nitrogens is 3. The zero-order valence-electron chi connectivity index (χ0n) is 11.8. The summed E-state index contributed by atoms with van der Waals surface area (Å²) in [6.07, 6.45) is 5.50. The largest absolute Gasteiger partial charge is 0.370 e. The minimum atomic E-state index is 0.864. The van der Waals surface area contributed by atoms with E-state index >= 15 is 0 Å². The monoisotopic (exact) mass is 256 g/mol. The van der Waals surface area contributed by atoms with Gasteiger partial charge in [0.1, 0.15) is 12.1 Å². The molecule has 4 nitrogen and oxygen atoms in total. The number of pyridine rings is 1. The first kappa shape index (κ1) is 13.5. The molecule has 0 aliphatic rings. The molecule has 0 saturated heterocycles. The van der Waals surface area contributed by atoms with Crippen molar-refractivity contribution in [1.29, 1.82) is 0 Å². The van der Waals surface area contributed by atoms with Crippen molar-refractivity contribution in [3.8, 4) is 11.3 Å². The van der Waals surface area contributed by atoms with Gasteiger partial charge in [0.25, 0.3) is 0 Å². The molecule has 1 N–H and O–H groups in total. The highest BCUT2D eigenvalue weighted by Crippen LogP contribution is 2.26. The fraction of sp³-hybridized carbons (Fsp3) is 0.400. The molecule has 2 rings (SSSR count). The normalized spacial score (nSPS) is 10.5. The lowest BCUT2D eigenvalue weighted by Crippen LogP contribution is -2.06. The maximum atomic E-state index is 4.47. The third-order valence-electron chi connectivity index (χ3n) is 2.96. The highest BCUT2D eigenvalue weighted by Gasteiger charge is 2.12. The van der Waals surface area contributed by atoms with E-state index in [4.69, 9.17) is 0 Å². The summed E-state index contributed by atoms with van der Waals surface area (Å²) < 4.78 is 0. The summed E-state index contributed by atoms with van der Waals surface area (Å²) in [5, 5.41) is 3.32. The Morgan fingerprint density at radius 1 is 1.16 bits per heavy atom. The van der Waals surface area contributed by atoms with Crippen LogP contribution in [0.5, 0.6) is 0 Å². The lowest BCUT2D eigenvalue weighted by molar-refractivity contribution is 0.902. The van der Waals surface area contributed by atoms with Crippen LogP contribution in [0, 0.1) is 6.92 Å². The van der Waals surface area contributed by atoms with Gasteiger partial charge in [0, 0.05) is 29.6 Å². The molecule has 0 unspecified atom stereocenters. The predicted molar refractivity (Wildman–Crippen MR) is 78.2 cm³/mol. The van der Waals surface area contributed by atoms with E-state index in [9.17, 15) is 0 Å². The van der Waals surface area contributed by atoms with Crippen molar-refractivity contribution in [2.45, 2.75) is 33.6 Å². The maximum Gasteiger partial charge on any atom is 0.133 e. The Labute approximate surface area is 114 Å². The third kappa shape index (κ3) is 3.08. The molecule has 2 aromatic heterocycles. The molecule has 100 valence electrons. The van der Waals surface area contributed by atoms with E-state index in [0.29, 0.717) is 0 Å². The average Bonchev–Trinajstić information content (AvgIpc) is 2.41. The smallest absolute Gasteiger partial charge is 0.133 e. The molecule has 0 atom stereocenters. The molecule has 0 bridgehead atoms. The molecule has 2 heterocycles. The minimum absolute atomic E-state index is 0.864. The first-order valence-electron chi connectivity index (χ1n) is 6.77. The van der Waals surface area contributed by atoms with Gasteiger partial charge >= 0.3 is 0 Å². The molecule has 19 heavy (non-hydrogen) atoms. The van der Waals surface area contributed by atoms with E-state index in [2.05, 4.69) is 40.2 Å². The molecular weight excluding hydrogens is 236 g/mol. The van der Waals surface area contributed by atoms with Gasteiger partial charge in [-0.05, 0) is 32.4 Å². The number of rotatable bonds is 5. The third-order valence-corrected chi connectivity index (χ3v) is 2.96. The lowest BCUT2D eigenvalue weighted by atomic mass is 10.0. The molecule has 4 heteroatoms. The summed E-state index contributed by atoms with van der Waals surface area (Å²) in [6.45, 7) is 7.11. The Hall–Kier alpha value is -1.97. The molecule has 0 aliphatic carbocycles. The molecule has 2 aromatic rings. The van der Waals surface area contributed by atoms with Gasteiger partial charge in [-0.1, -0.05) is 13.3 Å². The van der Waals surface area contributed by atoms with E-state index in [1.54, 1.807) is 6.33 Å². The molecule has 0 spiro atoms. The van der Waals surface area contributed by atoms with Crippen molar-refractivity contribution in [3.63, 3.8) is 0 Å². The predicted octanol–water partition coefficient (Wildman–Crippen LogP) is 3.23. The van der Waals surface area contributed by atoms with Crippen molar-refractivity contribution < 1.29 is 0 Å². The van der Waals surface area contributed by atoms with Crippen LogP contribution in [0.25, 0.3) is 11.3 Å². The SMILES string of the molecule is CCCc1c(NCC)ncnc1-c1ccnc(C)c1. The molecule has 0 fully saturated rings. The quantitative estimate of drug-likeness (QED) is 0.892. The van der Waals surface area contributed by atoms with Crippen molar-refractivity contribution in [1.82, 2.24) is 15.0 Å². The maximum absolute atomic E-state index is 4.47. The molecule has 0 aromatic carbocycles. The summed E-state index contributed by atoms with van der Waals surface area (Å²) in [6, 6.07) is 4.07. The number of anilines is 1. The van der Waals surface area contributed by atoms with E-state index in [0.717, 1.165) is 42.2 Å². The van der Waals surface area contributed by atoms with Crippen LogP contribution < -0.4 is 5.32 Å². The Kier molecular flexibility index (Phi) is 4.44. The number of hydrogen-bond acceptors (Lipinski definition) is 4. The average molecular weight is 256 g/mol. The van der Waals surface area contributed by atoms with E-state index in [1.807, 2.05) is 19.2 Å². The van der Waals surface area contributed by atoms with Crippen molar-refractivity contribution >= 4 is 5.82 Å². The number of aryl methyl sites for hydroxylation is 1. The zero-order chi connectivity index (χ0) is 13.7. The highest BCUT2D eigenvalue weighted by atomic mass is 15.0. The number of hydrogen-bond donors (Lipinski definition) is 1. The molecule has 0 radical (unpaired) electrons. The van der Waals surface area contributed by atoms with Gasteiger partial charge in [0.2, 0.25) is 0 Å². The minimum Gasteiger partial charge on any atom is -0.370 e. The summed E-state index contributed by atoms with van der Waals surface area (Å²) >= 11 is 0. The molecule has 0 aliphatic heterocycles. The second kappa shape index (κ2) is 6.27. The topological polar surface area (TPSA) is 50.7 Å². The van der Waals surface area contributed by atoms with Gasteiger partial charge in [0.15, 0.2) is 0 Å². The van der Waals surface area contributed by atoms with Crippen molar-refractivity contribution in [3.05, 3.63) is 35.9 Å². The lowest BCUT2D eigenvalue weighted by Gasteiger charge is -2.13. The van der Waals surface area contributed by atoms with Gasteiger partial charge < -0.3 is 5.32 Å². The Morgan fingerprint density at radius 2 is 2.00 bits per heavy atom. The fourth-order valence-electron chi connectivity index (χ4n) is 2.16. The number of nitrogens with zero attached hydrogens (tertiary/aromatic N) is 3. The van der Waals surface area contributed by atoms with E-state index < -0.39 is 0 Å². The summed E-state index contributed by atoms with van der Waals surface area (Å²) in [4.78, 5) is 13.1. The highest BCUT2D eigenvalue weighted by molar-refractivity contribution is 5.68. The van der Waals surface area contributed by atoms with Crippen LogP contribution in [0.1, 0.15) is 31.5 Å². The van der Waals surface area contributed by atoms with Gasteiger partial charge in [-0.15, -0.1) is 0 Å². The van der Waals surface area contributed by atoms with Crippen molar-refractivity contribution in [2.24, 2.45) is 0 Å². The summed E-state index contributed by atoms with van der Waals surface area (Å²) in [7, 11) is 0. The van der Waals surface area contributed by atoms with Gasteiger partial charge in [-0.25, -0.2) is 9.97 Å². The van der Waals surface area contributed by atoms with E-state index in [1.165, 1.54) is 5.56 Å². The molecular formula is C15H20N4. The van der Waals surface area contributed by atoms with Crippen LogP contribution >= 0.6 is 0 Å². The van der Waals surface area contributed by atoms with Gasteiger partial charge in [0.05, 0.1) is 5.69 Å². The van der Waals surface area contributed by atoms with Gasteiger partial charge in [-0.2, -0.15) is 0 Å². The summed E-state index contributed by atoms with van der Waals surface area (Å²) in [5.74, 6) is 0.948. The van der Waals surface area contributed by atoms with Crippen LogP contribution in [-0.4, -0.2) is 21.5 Å². The standard InChI is InChI=1S/C15H20N4/c1-4-6-13-14(12-7-8-17-11(3)9-12)18-10-19-15(13)16-5-2/h7-10H,4-6H2,1-3H3,(H,16,18,19). The zero-order valence-corrected chi connectivity index (χ0v) is 11.8. The summed E-state index contributed by atoms with van der Waals surface area (Å²) in [5.41, 5.74) is 4.32. The Balaban J connectivity index is 2.52. The van der Waals surface area contributed by atoms with Crippen LogP contribution in [-0.2, 0) is 6.42 Å². The van der Waals surface area contributed by atoms with Crippen molar-refractivity contribution in [2.75, 3.05) is 11.9 Å². The van der Waals surface area contributed by atoms with E-state index in [-0.39, 0.29) is 0 Å².